The number of alkyl halides is 3. The van der Waals surface area contributed by atoms with Crippen molar-refractivity contribution in [3.63, 3.8) is 0 Å². The number of hydrogen-bond acceptors (Lipinski definition) is 7. The van der Waals surface area contributed by atoms with E-state index >= 15 is 0 Å². The zero-order valence-electron chi connectivity index (χ0n) is 18.6. The molecule has 0 radical (unpaired) electrons. The Labute approximate surface area is 210 Å². The minimum atomic E-state index is -4.45. The van der Waals surface area contributed by atoms with E-state index in [1.807, 2.05) is 0 Å². The van der Waals surface area contributed by atoms with E-state index in [4.69, 9.17) is 9.15 Å². The summed E-state index contributed by atoms with van der Waals surface area (Å²) in [4.78, 5) is 32.9. The number of oxazole rings is 1. The van der Waals surface area contributed by atoms with E-state index in [1.165, 1.54) is 35.8 Å². The molecule has 0 aliphatic rings. The molecule has 2 heterocycles. The molecule has 0 fully saturated rings. The van der Waals surface area contributed by atoms with Crippen molar-refractivity contribution in [2.45, 2.75) is 6.18 Å². The lowest BCUT2D eigenvalue weighted by atomic mass is 10.1. The van der Waals surface area contributed by atoms with E-state index in [1.54, 1.807) is 36.4 Å². The number of halogens is 3. The number of carbonyl (C=O) groups excluding carboxylic acids is 2. The van der Waals surface area contributed by atoms with Gasteiger partial charge in [0.05, 0.1) is 15.8 Å². The van der Waals surface area contributed by atoms with Gasteiger partial charge in [-0.05, 0) is 54.6 Å². The van der Waals surface area contributed by atoms with Crippen LogP contribution in [0.1, 0.15) is 26.4 Å². The van der Waals surface area contributed by atoms with Gasteiger partial charge in [0.2, 0.25) is 0 Å². The molecule has 12 heteroatoms. The highest BCUT2D eigenvalue weighted by molar-refractivity contribution is 7.22. The van der Waals surface area contributed by atoms with Crippen LogP contribution in [0, 0.1) is 0 Å². The summed E-state index contributed by atoms with van der Waals surface area (Å²) in [7, 11) is 0. The number of anilines is 2. The first-order chi connectivity index (χ1) is 17.7. The number of ether oxygens (including phenoxy) is 1. The molecule has 2 N–H and O–H groups in total. The first kappa shape index (κ1) is 24.0. The summed E-state index contributed by atoms with van der Waals surface area (Å²) in [5.74, 6) is -0.0967. The van der Waals surface area contributed by atoms with Crippen molar-refractivity contribution in [3.05, 3.63) is 96.2 Å². The molecule has 0 aliphatic heterocycles. The van der Waals surface area contributed by atoms with E-state index in [9.17, 15) is 22.8 Å². The second-order valence-corrected chi connectivity index (χ2v) is 8.67. The van der Waals surface area contributed by atoms with Gasteiger partial charge < -0.3 is 14.5 Å². The fourth-order valence-electron chi connectivity index (χ4n) is 3.29. The van der Waals surface area contributed by atoms with Gasteiger partial charge in [0.1, 0.15) is 17.8 Å². The lowest BCUT2D eigenvalue weighted by Gasteiger charge is -2.10. The van der Waals surface area contributed by atoms with Crippen molar-refractivity contribution in [1.29, 1.82) is 0 Å². The summed E-state index contributed by atoms with van der Waals surface area (Å²) in [6, 6.07) is 15.7. The third kappa shape index (κ3) is 5.59. The van der Waals surface area contributed by atoms with Crippen LogP contribution in [0.2, 0.25) is 0 Å². The standard InChI is InChI=1S/C25H15F3N4O4S/c26-25(27,28)15-4-6-16(7-5-15)30-22(33)14-2-1-3-17(10-14)36-18-8-9-19-21(11-18)37-24(31-19)32-23(34)20-12-35-13-29-20/h1-13H,(H,30,33)(H,31,32,34). The van der Waals surface area contributed by atoms with Crippen LogP contribution in [-0.4, -0.2) is 21.8 Å². The van der Waals surface area contributed by atoms with E-state index in [0.717, 1.165) is 23.2 Å². The van der Waals surface area contributed by atoms with Crippen LogP contribution < -0.4 is 15.4 Å². The second kappa shape index (κ2) is 9.74. The van der Waals surface area contributed by atoms with Gasteiger partial charge in [-0.15, -0.1) is 0 Å². The largest absolute Gasteiger partial charge is 0.457 e. The number of rotatable bonds is 6. The van der Waals surface area contributed by atoms with Crippen LogP contribution in [0.4, 0.5) is 24.0 Å². The van der Waals surface area contributed by atoms with Crippen LogP contribution in [0.5, 0.6) is 11.5 Å². The van der Waals surface area contributed by atoms with Crippen LogP contribution in [-0.2, 0) is 6.18 Å². The van der Waals surface area contributed by atoms with Gasteiger partial charge in [-0.2, -0.15) is 13.2 Å². The molecule has 0 unspecified atom stereocenters. The highest BCUT2D eigenvalue weighted by Crippen LogP contribution is 2.32. The van der Waals surface area contributed by atoms with Crippen LogP contribution in [0.25, 0.3) is 10.2 Å². The van der Waals surface area contributed by atoms with E-state index in [0.29, 0.717) is 22.1 Å². The number of carbonyl (C=O) groups is 2. The molecule has 2 amide bonds. The lowest BCUT2D eigenvalue weighted by Crippen LogP contribution is -2.12. The molecule has 0 atom stereocenters. The molecule has 37 heavy (non-hydrogen) atoms. The quantitative estimate of drug-likeness (QED) is 0.259. The minimum Gasteiger partial charge on any atom is -0.457 e. The molecule has 3 aromatic carbocycles. The fraction of sp³-hybridized carbons (Fsp3) is 0.0400. The Kier molecular flexibility index (Phi) is 6.32. The molecule has 0 bridgehead atoms. The van der Waals surface area contributed by atoms with Crippen LogP contribution >= 0.6 is 11.3 Å². The Bertz CT molecular complexity index is 1580. The third-order valence-corrected chi connectivity index (χ3v) is 5.98. The molecular formula is C25H15F3N4O4S. The summed E-state index contributed by atoms with van der Waals surface area (Å²) in [5.41, 5.74) is 0.465. The molecule has 186 valence electrons. The van der Waals surface area contributed by atoms with Gasteiger partial charge in [-0.3, -0.25) is 14.9 Å². The fourth-order valence-corrected chi connectivity index (χ4v) is 4.18. The number of benzene rings is 3. The van der Waals surface area contributed by atoms with Gasteiger partial charge in [0, 0.05) is 17.3 Å². The molecule has 0 saturated heterocycles. The molecule has 2 aromatic heterocycles. The van der Waals surface area contributed by atoms with Crippen LogP contribution in [0.3, 0.4) is 0 Å². The van der Waals surface area contributed by atoms with E-state index < -0.39 is 23.6 Å². The SMILES string of the molecule is O=C(Nc1ccc(C(F)(F)F)cc1)c1cccc(Oc2ccc3nc(NC(=O)c4cocn4)sc3c2)c1. The van der Waals surface area contributed by atoms with Crippen molar-refractivity contribution in [2.24, 2.45) is 0 Å². The van der Waals surface area contributed by atoms with E-state index in [-0.39, 0.29) is 16.9 Å². The summed E-state index contributed by atoms with van der Waals surface area (Å²) in [6.07, 6.45) is -2.07. The summed E-state index contributed by atoms with van der Waals surface area (Å²) < 4.78 is 49.7. The Morgan fingerprint density at radius 3 is 2.43 bits per heavy atom. The lowest BCUT2D eigenvalue weighted by molar-refractivity contribution is -0.137. The van der Waals surface area contributed by atoms with Gasteiger partial charge in [-0.1, -0.05) is 17.4 Å². The first-order valence-corrected chi connectivity index (χ1v) is 11.4. The smallest absolute Gasteiger partial charge is 0.416 e. The summed E-state index contributed by atoms with van der Waals surface area (Å²) in [5, 5.41) is 5.60. The van der Waals surface area contributed by atoms with Crippen LogP contribution in [0.15, 0.2) is 83.8 Å². The van der Waals surface area contributed by atoms with Crippen molar-refractivity contribution < 1.29 is 31.9 Å². The summed E-state index contributed by atoms with van der Waals surface area (Å²) in [6.45, 7) is 0. The predicted octanol–water partition coefficient (Wildman–Crippen LogP) is 6.60. The maximum absolute atomic E-state index is 12.7. The molecule has 8 nitrogen and oxygen atoms in total. The number of nitrogens with zero attached hydrogens (tertiary/aromatic N) is 2. The Morgan fingerprint density at radius 1 is 0.919 bits per heavy atom. The average molecular weight is 524 g/mol. The molecule has 5 rings (SSSR count). The highest BCUT2D eigenvalue weighted by atomic mass is 32.1. The number of nitrogens with one attached hydrogen (secondary N) is 2. The number of aromatic nitrogens is 2. The number of hydrogen-bond donors (Lipinski definition) is 2. The van der Waals surface area contributed by atoms with Crippen molar-refractivity contribution in [3.8, 4) is 11.5 Å². The Hall–Kier alpha value is -4.71. The molecule has 0 spiro atoms. The zero-order valence-corrected chi connectivity index (χ0v) is 19.4. The Morgan fingerprint density at radius 2 is 1.70 bits per heavy atom. The topological polar surface area (TPSA) is 106 Å². The normalized spacial score (nSPS) is 11.3. The van der Waals surface area contributed by atoms with Gasteiger partial charge >= 0.3 is 6.18 Å². The maximum Gasteiger partial charge on any atom is 0.416 e. The average Bonchev–Trinajstić information content (AvgIpc) is 3.54. The zero-order chi connectivity index (χ0) is 26.0. The maximum atomic E-state index is 12.7. The number of fused-ring (bicyclic) bond motifs is 1. The number of amides is 2. The minimum absolute atomic E-state index is 0.130. The van der Waals surface area contributed by atoms with E-state index in [2.05, 4.69) is 20.6 Å². The second-order valence-electron chi connectivity index (χ2n) is 7.64. The monoisotopic (exact) mass is 524 g/mol. The molecule has 0 saturated carbocycles. The molecule has 5 aromatic rings. The van der Waals surface area contributed by atoms with Crippen molar-refractivity contribution >= 4 is 44.2 Å². The first-order valence-electron chi connectivity index (χ1n) is 10.6. The van der Waals surface area contributed by atoms with Gasteiger partial charge in [0.15, 0.2) is 17.2 Å². The highest BCUT2D eigenvalue weighted by Gasteiger charge is 2.30. The molecular weight excluding hydrogens is 509 g/mol. The molecule has 0 aliphatic carbocycles. The third-order valence-electron chi connectivity index (χ3n) is 5.05. The Balaban J connectivity index is 1.27. The van der Waals surface area contributed by atoms with Gasteiger partial charge in [0.25, 0.3) is 11.8 Å². The predicted molar refractivity (Wildman–Crippen MR) is 130 cm³/mol. The van der Waals surface area contributed by atoms with Crippen molar-refractivity contribution in [2.75, 3.05) is 10.6 Å². The summed E-state index contributed by atoms with van der Waals surface area (Å²) >= 11 is 1.24. The van der Waals surface area contributed by atoms with Gasteiger partial charge in [-0.25, -0.2) is 9.97 Å². The van der Waals surface area contributed by atoms with Crippen molar-refractivity contribution in [1.82, 2.24) is 9.97 Å². The number of thiazole rings is 1.